The van der Waals surface area contributed by atoms with Gasteiger partial charge in [0.2, 0.25) is 0 Å². The number of nitro benzene ring substituents is 1. The van der Waals surface area contributed by atoms with E-state index < -0.39 is 4.92 Å². The van der Waals surface area contributed by atoms with Crippen LogP contribution in [0.2, 0.25) is 0 Å². The number of hydrogen-bond acceptors (Lipinski definition) is 4. The predicted octanol–water partition coefficient (Wildman–Crippen LogP) is 2.65. The second-order valence-electron chi connectivity index (χ2n) is 3.76. The molecule has 1 unspecified atom stereocenters. The summed E-state index contributed by atoms with van der Waals surface area (Å²) in [6.07, 6.45) is 0.231. The Bertz CT molecular complexity index is 417. The SMILES string of the molecule is CCOC(=O)CC(C)c1cccc([N+](=O)[O-])c1. The number of rotatable bonds is 5. The molecule has 1 aromatic carbocycles. The highest BCUT2D eigenvalue weighted by atomic mass is 16.6. The zero-order valence-electron chi connectivity index (χ0n) is 9.88. The summed E-state index contributed by atoms with van der Waals surface area (Å²) in [4.78, 5) is 21.5. The third-order valence-electron chi connectivity index (χ3n) is 2.43. The van der Waals surface area contributed by atoms with Crippen LogP contribution in [-0.2, 0) is 9.53 Å². The van der Waals surface area contributed by atoms with Gasteiger partial charge in [-0.05, 0) is 18.4 Å². The van der Waals surface area contributed by atoms with Crippen molar-refractivity contribution in [2.75, 3.05) is 6.61 Å². The third-order valence-corrected chi connectivity index (χ3v) is 2.43. The van der Waals surface area contributed by atoms with Gasteiger partial charge in [-0.1, -0.05) is 19.1 Å². The largest absolute Gasteiger partial charge is 0.466 e. The molecule has 5 heteroatoms. The fourth-order valence-electron chi connectivity index (χ4n) is 1.53. The smallest absolute Gasteiger partial charge is 0.306 e. The fourth-order valence-corrected chi connectivity index (χ4v) is 1.53. The Hall–Kier alpha value is -1.91. The Labute approximate surface area is 99.5 Å². The molecule has 0 heterocycles. The quantitative estimate of drug-likeness (QED) is 0.448. The molecule has 0 saturated carbocycles. The number of ether oxygens (including phenoxy) is 1. The van der Waals surface area contributed by atoms with Gasteiger partial charge in [0.25, 0.3) is 5.69 Å². The van der Waals surface area contributed by atoms with Crippen molar-refractivity contribution in [2.45, 2.75) is 26.2 Å². The van der Waals surface area contributed by atoms with Crippen LogP contribution in [0.15, 0.2) is 24.3 Å². The molecule has 0 aliphatic heterocycles. The molecule has 17 heavy (non-hydrogen) atoms. The molecule has 1 atom stereocenters. The van der Waals surface area contributed by atoms with Crippen LogP contribution in [0.5, 0.6) is 0 Å². The number of nitro groups is 1. The molecular weight excluding hydrogens is 222 g/mol. The maximum atomic E-state index is 11.3. The van der Waals surface area contributed by atoms with E-state index in [-0.39, 0.29) is 24.0 Å². The number of esters is 1. The molecule has 1 aromatic rings. The lowest BCUT2D eigenvalue weighted by atomic mass is 9.97. The highest BCUT2D eigenvalue weighted by Gasteiger charge is 2.14. The number of non-ortho nitro benzene ring substituents is 1. The number of hydrogen-bond donors (Lipinski definition) is 0. The van der Waals surface area contributed by atoms with Crippen molar-refractivity contribution in [1.82, 2.24) is 0 Å². The molecule has 0 spiro atoms. The number of carbonyl (C=O) groups is 1. The molecule has 0 aromatic heterocycles. The lowest BCUT2D eigenvalue weighted by Gasteiger charge is -2.10. The van der Waals surface area contributed by atoms with Crippen LogP contribution < -0.4 is 0 Å². The van der Waals surface area contributed by atoms with E-state index in [1.54, 1.807) is 19.1 Å². The van der Waals surface area contributed by atoms with Crippen molar-refractivity contribution >= 4 is 11.7 Å². The van der Waals surface area contributed by atoms with Gasteiger partial charge in [0.15, 0.2) is 0 Å². The van der Waals surface area contributed by atoms with Gasteiger partial charge in [-0.25, -0.2) is 0 Å². The average Bonchev–Trinajstić information content (AvgIpc) is 2.29. The predicted molar refractivity (Wildman–Crippen MR) is 62.8 cm³/mol. The van der Waals surface area contributed by atoms with E-state index in [4.69, 9.17) is 4.74 Å². The van der Waals surface area contributed by atoms with Crippen molar-refractivity contribution in [1.29, 1.82) is 0 Å². The Kier molecular flexibility index (Phi) is 4.63. The fraction of sp³-hybridized carbons (Fsp3) is 0.417. The standard InChI is InChI=1S/C12H15NO4/c1-3-17-12(14)7-9(2)10-5-4-6-11(8-10)13(15)16/h4-6,8-9H,3,7H2,1-2H3. The number of carbonyl (C=O) groups excluding carboxylic acids is 1. The molecule has 0 aliphatic rings. The first-order chi connectivity index (χ1) is 8.04. The summed E-state index contributed by atoms with van der Waals surface area (Å²) in [5.74, 6) is -0.375. The van der Waals surface area contributed by atoms with E-state index in [0.29, 0.717) is 6.61 Å². The van der Waals surface area contributed by atoms with Crippen molar-refractivity contribution in [3.8, 4) is 0 Å². The van der Waals surface area contributed by atoms with Crippen LogP contribution in [0.4, 0.5) is 5.69 Å². The molecule has 0 saturated heterocycles. The summed E-state index contributed by atoms with van der Waals surface area (Å²) in [5.41, 5.74) is 0.811. The molecule has 92 valence electrons. The molecule has 0 aliphatic carbocycles. The lowest BCUT2D eigenvalue weighted by molar-refractivity contribution is -0.384. The maximum Gasteiger partial charge on any atom is 0.306 e. The van der Waals surface area contributed by atoms with Crippen LogP contribution in [0, 0.1) is 10.1 Å². The van der Waals surface area contributed by atoms with Crippen molar-refractivity contribution in [2.24, 2.45) is 0 Å². The van der Waals surface area contributed by atoms with Crippen LogP contribution in [0.25, 0.3) is 0 Å². The molecule has 0 amide bonds. The average molecular weight is 237 g/mol. The highest BCUT2D eigenvalue weighted by Crippen LogP contribution is 2.23. The molecular formula is C12H15NO4. The van der Waals surface area contributed by atoms with E-state index in [1.807, 2.05) is 6.92 Å². The first-order valence-electron chi connectivity index (χ1n) is 5.44. The molecule has 0 radical (unpaired) electrons. The first-order valence-corrected chi connectivity index (χ1v) is 5.44. The topological polar surface area (TPSA) is 69.4 Å². The lowest BCUT2D eigenvalue weighted by Crippen LogP contribution is -2.08. The van der Waals surface area contributed by atoms with Gasteiger partial charge in [0, 0.05) is 12.1 Å². The third kappa shape index (κ3) is 3.86. The van der Waals surface area contributed by atoms with Crippen molar-refractivity contribution < 1.29 is 14.5 Å². The van der Waals surface area contributed by atoms with Gasteiger partial charge < -0.3 is 4.74 Å². The summed E-state index contributed by atoms with van der Waals surface area (Å²) < 4.78 is 4.84. The van der Waals surface area contributed by atoms with Crippen LogP contribution in [0.1, 0.15) is 31.7 Å². The Morgan fingerprint density at radius 2 is 2.24 bits per heavy atom. The summed E-state index contributed by atoms with van der Waals surface area (Å²) >= 11 is 0. The summed E-state index contributed by atoms with van der Waals surface area (Å²) in [6, 6.07) is 6.32. The molecule has 1 rings (SSSR count). The first kappa shape index (κ1) is 13.2. The molecule has 0 N–H and O–H groups in total. The van der Waals surface area contributed by atoms with Crippen molar-refractivity contribution in [3.05, 3.63) is 39.9 Å². The van der Waals surface area contributed by atoms with E-state index in [9.17, 15) is 14.9 Å². The Morgan fingerprint density at radius 1 is 1.53 bits per heavy atom. The van der Waals surface area contributed by atoms with E-state index in [1.165, 1.54) is 12.1 Å². The zero-order valence-corrected chi connectivity index (χ0v) is 9.88. The molecule has 0 bridgehead atoms. The van der Waals surface area contributed by atoms with Crippen LogP contribution in [-0.4, -0.2) is 17.5 Å². The van der Waals surface area contributed by atoms with Gasteiger partial charge in [0.1, 0.15) is 0 Å². The van der Waals surface area contributed by atoms with Crippen LogP contribution >= 0.6 is 0 Å². The van der Waals surface area contributed by atoms with E-state index in [2.05, 4.69) is 0 Å². The zero-order chi connectivity index (χ0) is 12.8. The number of benzene rings is 1. The number of nitrogens with zero attached hydrogens (tertiary/aromatic N) is 1. The monoisotopic (exact) mass is 237 g/mol. The normalized spacial score (nSPS) is 11.9. The van der Waals surface area contributed by atoms with Crippen LogP contribution in [0.3, 0.4) is 0 Å². The van der Waals surface area contributed by atoms with Gasteiger partial charge in [-0.2, -0.15) is 0 Å². The van der Waals surface area contributed by atoms with E-state index >= 15 is 0 Å². The Morgan fingerprint density at radius 3 is 2.82 bits per heavy atom. The maximum absolute atomic E-state index is 11.3. The second kappa shape index (κ2) is 5.98. The van der Waals surface area contributed by atoms with Gasteiger partial charge in [0.05, 0.1) is 18.0 Å². The molecule has 5 nitrogen and oxygen atoms in total. The van der Waals surface area contributed by atoms with Gasteiger partial charge in [-0.15, -0.1) is 0 Å². The Balaban J connectivity index is 2.75. The minimum Gasteiger partial charge on any atom is -0.466 e. The minimum absolute atomic E-state index is 0.0400. The second-order valence-corrected chi connectivity index (χ2v) is 3.76. The summed E-state index contributed by atoms with van der Waals surface area (Å²) in [7, 11) is 0. The summed E-state index contributed by atoms with van der Waals surface area (Å²) in [6.45, 7) is 3.94. The minimum atomic E-state index is -0.444. The van der Waals surface area contributed by atoms with E-state index in [0.717, 1.165) is 5.56 Å². The molecule has 0 fully saturated rings. The van der Waals surface area contributed by atoms with Crippen molar-refractivity contribution in [3.63, 3.8) is 0 Å². The van der Waals surface area contributed by atoms with Gasteiger partial charge >= 0.3 is 5.97 Å². The highest BCUT2D eigenvalue weighted by molar-refractivity contribution is 5.70. The van der Waals surface area contributed by atoms with Gasteiger partial charge in [-0.3, -0.25) is 14.9 Å². The summed E-state index contributed by atoms with van der Waals surface area (Å²) in [5, 5.41) is 10.6.